The summed E-state index contributed by atoms with van der Waals surface area (Å²) in [6.45, 7) is 5.54. The number of benzene rings is 1. The second-order valence-corrected chi connectivity index (χ2v) is 7.49. The van der Waals surface area contributed by atoms with E-state index in [2.05, 4.69) is 54.4 Å². The number of nitrogens with zero attached hydrogens (tertiary/aromatic N) is 2. The second kappa shape index (κ2) is 5.47. The molecule has 4 rings (SSSR count). The van der Waals surface area contributed by atoms with Crippen LogP contribution in [0.1, 0.15) is 37.3 Å². The number of carbonyl (C=O) groups excluding carboxylic acids is 1. The topological polar surface area (TPSA) is 80.2 Å². The summed E-state index contributed by atoms with van der Waals surface area (Å²) in [6.07, 6.45) is 3.64. The summed E-state index contributed by atoms with van der Waals surface area (Å²) in [5.41, 5.74) is 9.48. The Morgan fingerprint density at radius 2 is 2.04 bits per heavy atom. The number of fused-ring (bicyclic) bond motifs is 1. The Balaban J connectivity index is 1.63. The molecule has 0 radical (unpaired) electrons. The molecule has 3 aliphatic heterocycles. The number of nitrogens with one attached hydrogen (secondary N) is 3. The van der Waals surface area contributed by atoms with E-state index in [-0.39, 0.29) is 5.91 Å². The summed E-state index contributed by atoms with van der Waals surface area (Å²) in [5, 5.41) is 12.2. The average Bonchev–Trinajstić information content (AvgIpc) is 3.13. The van der Waals surface area contributed by atoms with Crippen LogP contribution in [0.15, 0.2) is 18.2 Å². The van der Waals surface area contributed by atoms with E-state index >= 15 is 0 Å². The van der Waals surface area contributed by atoms with Crippen LogP contribution in [0, 0.1) is 16.9 Å². The highest BCUT2D eigenvalue weighted by Crippen LogP contribution is 2.42. The quantitative estimate of drug-likeness (QED) is 0.679. The van der Waals surface area contributed by atoms with Crippen molar-refractivity contribution in [2.75, 3.05) is 18.4 Å². The van der Waals surface area contributed by atoms with Gasteiger partial charge in [-0.2, -0.15) is 5.26 Å². The van der Waals surface area contributed by atoms with Gasteiger partial charge in [0.15, 0.2) is 6.19 Å². The predicted octanol–water partition coefficient (Wildman–Crippen LogP) is 1.32. The van der Waals surface area contributed by atoms with Crippen LogP contribution in [-0.4, -0.2) is 36.0 Å². The van der Waals surface area contributed by atoms with Gasteiger partial charge in [0.05, 0.1) is 5.41 Å². The molecule has 6 nitrogen and oxygen atoms in total. The molecule has 1 amide bonds. The summed E-state index contributed by atoms with van der Waals surface area (Å²) < 4.78 is 0. The van der Waals surface area contributed by atoms with Crippen LogP contribution in [0.3, 0.4) is 0 Å². The Morgan fingerprint density at radius 1 is 1.29 bits per heavy atom. The number of hydrogen-bond acceptors (Lipinski definition) is 5. The summed E-state index contributed by atoms with van der Waals surface area (Å²) in [4.78, 5) is 14.4. The highest BCUT2D eigenvalue weighted by atomic mass is 16.2. The highest BCUT2D eigenvalue weighted by Gasteiger charge is 2.47. The molecule has 6 heteroatoms. The van der Waals surface area contributed by atoms with Gasteiger partial charge in [-0.1, -0.05) is 12.1 Å². The summed E-state index contributed by atoms with van der Waals surface area (Å²) in [5.74, 6) is 0.442. The molecule has 0 bridgehead atoms. The van der Waals surface area contributed by atoms with Crippen molar-refractivity contribution in [1.82, 2.24) is 15.8 Å². The van der Waals surface area contributed by atoms with Gasteiger partial charge in [0.25, 0.3) is 0 Å². The van der Waals surface area contributed by atoms with Crippen LogP contribution < -0.4 is 16.2 Å². The molecular formula is C18H23N5O. The van der Waals surface area contributed by atoms with E-state index in [0.29, 0.717) is 31.1 Å². The van der Waals surface area contributed by atoms with Gasteiger partial charge in [0, 0.05) is 36.8 Å². The fourth-order valence-electron chi connectivity index (χ4n) is 4.51. The third kappa shape index (κ3) is 2.27. The molecule has 2 saturated heterocycles. The minimum Gasteiger partial charge on any atom is -0.325 e. The van der Waals surface area contributed by atoms with Gasteiger partial charge in [-0.25, -0.2) is 0 Å². The molecule has 1 aromatic carbocycles. The molecular weight excluding hydrogens is 302 g/mol. The number of amides is 1. The molecule has 3 unspecified atom stereocenters. The maximum absolute atomic E-state index is 12.7. The average molecular weight is 325 g/mol. The third-order valence-electron chi connectivity index (χ3n) is 5.89. The van der Waals surface area contributed by atoms with Crippen molar-refractivity contribution < 1.29 is 4.79 Å². The first-order valence-corrected chi connectivity index (χ1v) is 8.62. The van der Waals surface area contributed by atoms with E-state index in [4.69, 9.17) is 5.26 Å². The number of hydrazine groups is 1. The van der Waals surface area contributed by atoms with Crippen LogP contribution >= 0.6 is 0 Å². The largest absolute Gasteiger partial charge is 0.325 e. The van der Waals surface area contributed by atoms with Gasteiger partial charge < -0.3 is 10.2 Å². The maximum atomic E-state index is 12.7. The second-order valence-electron chi connectivity index (χ2n) is 7.49. The normalized spacial score (nSPS) is 35.0. The highest BCUT2D eigenvalue weighted by molar-refractivity contribution is 5.99. The van der Waals surface area contributed by atoms with Gasteiger partial charge in [0.1, 0.15) is 0 Å². The zero-order valence-corrected chi connectivity index (χ0v) is 14.1. The lowest BCUT2D eigenvalue weighted by Crippen LogP contribution is -2.43. The molecule has 3 N–H and O–H groups in total. The number of nitriles is 1. The van der Waals surface area contributed by atoms with E-state index in [0.717, 1.165) is 18.5 Å². The van der Waals surface area contributed by atoms with E-state index in [9.17, 15) is 4.79 Å². The Morgan fingerprint density at radius 3 is 2.71 bits per heavy atom. The summed E-state index contributed by atoms with van der Waals surface area (Å²) in [6, 6.07) is 7.17. The molecule has 0 aliphatic carbocycles. The lowest BCUT2D eigenvalue weighted by molar-refractivity contribution is -0.125. The fraction of sp³-hybridized carbons (Fsp3) is 0.556. The van der Waals surface area contributed by atoms with Crippen LogP contribution in [0.2, 0.25) is 0 Å². The molecule has 1 aromatic rings. The molecule has 1 spiro atoms. The number of anilines is 1. The monoisotopic (exact) mass is 325 g/mol. The zero-order chi connectivity index (χ0) is 16.9. The van der Waals surface area contributed by atoms with Gasteiger partial charge in [-0.15, -0.1) is 0 Å². The first-order valence-electron chi connectivity index (χ1n) is 8.62. The predicted molar refractivity (Wildman–Crippen MR) is 90.9 cm³/mol. The van der Waals surface area contributed by atoms with E-state index in [1.165, 1.54) is 11.1 Å². The van der Waals surface area contributed by atoms with Gasteiger partial charge >= 0.3 is 0 Å². The lowest BCUT2D eigenvalue weighted by atomic mass is 9.76. The molecule has 126 valence electrons. The van der Waals surface area contributed by atoms with E-state index < -0.39 is 5.41 Å². The Kier molecular flexibility index (Phi) is 3.52. The lowest BCUT2D eigenvalue weighted by Gasteiger charge is -2.33. The SMILES string of the molecule is CC1NNC(C)C1c1ccc2c(c1)NC(=O)C1(CCN(C#N)C1)C2. The number of hydrogen-bond donors (Lipinski definition) is 3. The molecule has 3 heterocycles. The van der Waals surface area contributed by atoms with Gasteiger partial charge in [-0.3, -0.25) is 15.6 Å². The van der Waals surface area contributed by atoms with Crippen LogP contribution in [0.5, 0.6) is 0 Å². The molecule has 0 saturated carbocycles. The molecule has 3 atom stereocenters. The van der Waals surface area contributed by atoms with Crippen molar-refractivity contribution in [1.29, 1.82) is 5.26 Å². The maximum Gasteiger partial charge on any atom is 0.232 e. The summed E-state index contributed by atoms with van der Waals surface area (Å²) in [7, 11) is 0. The van der Waals surface area contributed by atoms with Crippen molar-refractivity contribution in [3.05, 3.63) is 29.3 Å². The third-order valence-corrected chi connectivity index (χ3v) is 5.89. The van der Waals surface area contributed by atoms with Crippen molar-refractivity contribution >= 4 is 11.6 Å². The first-order chi connectivity index (χ1) is 11.5. The fourth-order valence-corrected chi connectivity index (χ4v) is 4.51. The zero-order valence-electron chi connectivity index (χ0n) is 14.1. The Bertz CT molecular complexity index is 717. The smallest absolute Gasteiger partial charge is 0.232 e. The Labute approximate surface area is 142 Å². The van der Waals surface area contributed by atoms with Gasteiger partial charge in [-0.05, 0) is 43.9 Å². The first kappa shape index (κ1) is 15.4. The van der Waals surface area contributed by atoms with Crippen LogP contribution in [0.4, 0.5) is 5.69 Å². The molecule has 2 fully saturated rings. The molecule has 0 aromatic heterocycles. The van der Waals surface area contributed by atoms with Gasteiger partial charge in [0.2, 0.25) is 5.91 Å². The van der Waals surface area contributed by atoms with Crippen LogP contribution in [0.25, 0.3) is 0 Å². The minimum atomic E-state index is -0.443. The number of likely N-dealkylation sites (tertiary alicyclic amines) is 1. The molecule has 3 aliphatic rings. The summed E-state index contributed by atoms with van der Waals surface area (Å²) >= 11 is 0. The van der Waals surface area contributed by atoms with Crippen molar-refractivity contribution in [3.8, 4) is 6.19 Å². The van der Waals surface area contributed by atoms with Crippen molar-refractivity contribution in [2.45, 2.75) is 44.7 Å². The standard InChI is InChI=1S/C18H23N5O/c1-11-16(12(2)22-21-11)13-3-4-14-8-18(5-6-23(9-18)10-19)17(24)20-15(14)7-13/h3-4,7,11-12,16,21-22H,5-6,8-9H2,1-2H3,(H,20,24). The molecule has 24 heavy (non-hydrogen) atoms. The van der Waals surface area contributed by atoms with Crippen molar-refractivity contribution in [2.24, 2.45) is 5.41 Å². The minimum absolute atomic E-state index is 0.0636. The van der Waals surface area contributed by atoms with Crippen LogP contribution in [-0.2, 0) is 11.2 Å². The van der Waals surface area contributed by atoms with Crippen molar-refractivity contribution in [3.63, 3.8) is 0 Å². The van der Waals surface area contributed by atoms with E-state index in [1.807, 2.05) is 0 Å². The van der Waals surface area contributed by atoms with E-state index in [1.54, 1.807) is 4.90 Å². The number of carbonyl (C=O) groups is 1. The Hall–Kier alpha value is -2.10. The number of rotatable bonds is 1.